The largest absolute Gasteiger partial charge is 0.345 e. The Kier molecular flexibility index (Phi) is 6.22. The van der Waals surface area contributed by atoms with Gasteiger partial charge in [0.15, 0.2) is 5.54 Å². The number of rotatable bonds is 5. The second-order valence-electron chi connectivity index (χ2n) is 10.1. The fourth-order valence-corrected chi connectivity index (χ4v) is 5.49. The molecule has 4 aromatic rings. The molecule has 2 fully saturated rings. The molecule has 10 heteroatoms. The van der Waals surface area contributed by atoms with E-state index < -0.39 is 29.4 Å². The maximum absolute atomic E-state index is 13.3. The summed E-state index contributed by atoms with van der Waals surface area (Å²) in [5.74, 6) is -1.34. The molecule has 4 heterocycles. The molecular formula is C30H26N6O4. The number of imide groups is 1. The molecule has 0 saturated carbocycles. The number of para-hydroxylation sites is 1. The maximum atomic E-state index is 13.3. The number of hydrogen-bond acceptors (Lipinski definition) is 6. The average Bonchev–Trinajstić information content (AvgIpc) is 3.46. The van der Waals surface area contributed by atoms with Gasteiger partial charge >= 0.3 is 6.03 Å². The van der Waals surface area contributed by atoms with Gasteiger partial charge in [-0.1, -0.05) is 30.3 Å². The summed E-state index contributed by atoms with van der Waals surface area (Å²) in [6, 6.07) is 19.1. The van der Waals surface area contributed by atoms with Gasteiger partial charge in [0.05, 0.1) is 23.7 Å². The molecule has 2 aliphatic rings. The molecule has 200 valence electrons. The average molecular weight is 535 g/mol. The topological polar surface area (TPSA) is 133 Å². The molecule has 2 aromatic carbocycles. The number of aryl methyl sites for hydroxylation is 1. The van der Waals surface area contributed by atoms with Gasteiger partial charge in [-0.25, -0.2) is 4.79 Å². The molecule has 0 radical (unpaired) electrons. The smallest absolute Gasteiger partial charge is 0.322 e. The Labute approximate surface area is 229 Å². The van der Waals surface area contributed by atoms with Crippen LogP contribution in [0.2, 0.25) is 0 Å². The van der Waals surface area contributed by atoms with Crippen LogP contribution in [0, 0.1) is 6.92 Å². The van der Waals surface area contributed by atoms with Crippen molar-refractivity contribution in [1.29, 1.82) is 0 Å². The molecule has 1 spiro atoms. The number of fused-ring (bicyclic) bond motifs is 1. The molecule has 0 bridgehead atoms. The van der Waals surface area contributed by atoms with Gasteiger partial charge in [-0.2, -0.15) is 0 Å². The number of hydrogen-bond donors (Lipinski definition) is 3. The van der Waals surface area contributed by atoms with Crippen LogP contribution in [-0.4, -0.2) is 63.3 Å². The Morgan fingerprint density at radius 1 is 1.05 bits per heavy atom. The second kappa shape index (κ2) is 9.88. The molecule has 0 unspecified atom stereocenters. The lowest BCUT2D eigenvalue weighted by molar-refractivity contribution is -0.124. The van der Waals surface area contributed by atoms with Crippen molar-refractivity contribution in [2.24, 2.45) is 0 Å². The highest BCUT2D eigenvalue weighted by molar-refractivity contribution is 6.09. The summed E-state index contributed by atoms with van der Waals surface area (Å²) >= 11 is 0. The van der Waals surface area contributed by atoms with Crippen LogP contribution in [0.1, 0.15) is 37.5 Å². The lowest BCUT2D eigenvalue weighted by Gasteiger charge is -2.27. The maximum Gasteiger partial charge on any atom is 0.322 e. The first-order chi connectivity index (χ1) is 19.3. The zero-order valence-corrected chi connectivity index (χ0v) is 21.7. The Morgan fingerprint density at radius 2 is 1.85 bits per heavy atom. The molecule has 3 N–H and O–H groups in total. The number of benzene rings is 2. The third-order valence-corrected chi connectivity index (χ3v) is 7.45. The normalized spacial score (nSPS) is 20.0. The van der Waals surface area contributed by atoms with E-state index in [1.54, 1.807) is 30.5 Å². The number of urea groups is 1. The van der Waals surface area contributed by atoms with E-state index in [9.17, 15) is 19.2 Å². The van der Waals surface area contributed by atoms with Crippen molar-refractivity contribution in [2.75, 3.05) is 13.1 Å². The zero-order chi connectivity index (χ0) is 27.9. The first-order valence-corrected chi connectivity index (χ1v) is 12.9. The molecule has 10 nitrogen and oxygen atoms in total. The highest BCUT2D eigenvalue weighted by Gasteiger charge is 2.58. The standard InChI is InChI=1S/C30H26N6O4/c1-18-13-22(23-6-2-3-7-24(23)32-18)14-19-8-10-20(11-9-19)26(37)33-25-16-36(27(38)21-5-4-12-31-15-21)17-30(25)28(39)34-29(40)35-30/h2-13,15,25H,14,16-17H2,1H3,(H,33,37)(H2,34,35,39,40)/t25-,30+/m1/s1. The van der Waals surface area contributed by atoms with Gasteiger partial charge in [-0.15, -0.1) is 0 Å². The predicted octanol–water partition coefficient (Wildman–Crippen LogP) is 2.36. The van der Waals surface area contributed by atoms with Gasteiger partial charge in [0.2, 0.25) is 0 Å². The molecule has 0 aliphatic carbocycles. The van der Waals surface area contributed by atoms with Crippen LogP contribution < -0.4 is 16.0 Å². The number of amides is 5. The SMILES string of the molecule is Cc1cc(Cc2ccc(C(=O)N[C@@H]3CN(C(=O)c4cccnc4)C[C@]34NC(=O)NC4=O)cc2)c2ccccc2n1. The van der Waals surface area contributed by atoms with Crippen molar-refractivity contribution in [3.8, 4) is 0 Å². The molecule has 40 heavy (non-hydrogen) atoms. The summed E-state index contributed by atoms with van der Waals surface area (Å²) in [6.07, 6.45) is 3.67. The number of likely N-dealkylation sites (tertiary alicyclic amines) is 1. The highest BCUT2D eigenvalue weighted by Crippen LogP contribution is 2.27. The van der Waals surface area contributed by atoms with E-state index in [0.717, 1.165) is 27.7 Å². The highest BCUT2D eigenvalue weighted by atomic mass is 16.2. The summed E-state index contributed by atoms with van der Waals surface area (Å²) in [5.41, 5.74) is 3.34. The Balaban J connectivity index is 1.20. The van der Waals surface area contributed by atoms with E-state index in [-0.39, 0.29) is 19.0 Å². The van der Waals surface area contributed by atoms with E-state index in [2.05, 4.69) is 38.1 Å². The Hall–Kier alpha value is -5.12. The van der Waals surface area contributed by atoms with Gasteiger partial charge in [0.1, 0.15) is 0 Å². The minimum Gasteiger partial charge on any atom is -0.345 e. The van der Waals surface area contributed by atoms with Gasteiger partial charge in [-0.05, 0) is 60.9 Å². The van der Waals surface area contributed by atoms with Crippen LogP contribution in [0.15, 0.2) is 79.1 Å². The first kappa shape index (κ1) is 25.2. The van der Waals surface area contributed by atoms with E-state index in [0.29, 0.717) is 17.5 Å². The summed E-state index contributed by atoms with van der Waals surface area (Å²) < 4.78 is 0. The van der Waals surface area contributed by atoms with E-state index in [1.807, 2.05) is 37.3 Å². The first-order valence-electron chi connectivity index (χ1n) is 12.9. The Morgan fingerprint density at radius 3 is 2.58 bits per heavy atom. The molecule has 2 saturated heterocycles. The van der Waals surface area contributed by atoms with Gasteiger partial charge < -0.3 is 15.5 Å². The second-order valence-corrected chi connectivity index (χ2v) is 10.1. The third kappa shape index (κ3) is 4.53. The van der Waals surface area contributed by atoms with Crippen molar-refractivity contribution in [3.05, 3.63) is 107 Å². The number of pyridine rings is 2. The molecular weight excluding hydrogens is 508 g/mol. The predicted molar refractivity (Wildman–Crippen MR) is 147 cm³/mol. The summed E-state index contributed by atoms with van der Waals surface area (Å²) in [7, 11) is 0. The van der Waals surface area contributed by atoms with Gasteiger partial charge in [-0.3, -0.25) is 29.7 Å². The molecule has 2 atom stereocenters. The number of carbonyl (C=O) groups is 4. The van der Waals surface area contributed by atoms with Crippen molar-refractivity contribution in [3.63, 3.8) is 0 Å². The lowest BCUT2D eigenvalue weighted by atomic mass is 9.93. The van der Waals surface area contributed by atoms with Crippen molar-refractivity contribution in [1.82, 2.24) is 30.8 Å². The van der Waals surface area contributed by atoms with E-state index in [4.69, 9.17) is 0 Å². The quantitative estimate of drug-likeness (QED) is 0.337. The van der Waals surface area contributed by atoms with Crippen LogP contribution in [-0.2, 0) is 11.2 Å². The number of aromatic nitrogens is 2. The number of nitrogens with one attached hydrogen (secondary N) is 3. The van der Waals surface area contributed by atoms with E-state index >= 15 is 0 Å². The van der Waals surface area contributed by atoms with Crippen molar-refractivity contribution < 1.29 is 19.2 Å². The van der Waals surface area contributed by atoms with Gasteiger partial charge in [0, 0.05) is 35.6 Å². The van der Waals surface area contributed by atoms with Crippen LogP contribution in [0.5, 0.6) is 0 Å². The molecule has 6 rings (SSSR count). The van der Waals surface area contributed by atoms with Crippen LogP contribution >= 0.6 is 0 Å². The summed E-state index contributed by atoms with van der Waals surface area (Å²) in [6.45, 7) is 1.93. The van der Waals surface area contributed by atoms with Crippen LogP contribution in [0.4, 0.5) is 4.79 Å². The lowest BCUT2D eigenvalue weighted by Crippen LogP contribution is -2.62. The monoisotopic (exact) mass is 534 g/mol. The van der Waals surface area contributed by atoms with Crippen molar-refractivity contribution >= 4 is 34.7 Å². The number of carbonyl (C=O) groups excluding carboxylic acids is 4. The fourth-order valence-electron chi connectivity index (χ4n) is 5.49. The fraction of sp³-hybridized carbons (Fsp3) is 0.200. The summed E-state index contributed by atoms with van der Waals surface area (Å²) in [5, 5.41) is 8.86. The van der Waals surface area contributed by atoms with Crippen molar-refractivity contribution in [2.45, 2.75) is 24.9 Å². The molecule has 2 aliphatic heterocycles. The zero-order valence-electron chi connectivity index (χ0n) is 21.7. The minimum atomic E-state index is -1.47. The minimum absolute atomic E-state index is 0.0414. The van der Waals surface area contributed by atoms with Gasteiger partial charge in [0.25, 0.3) is 17.7 Å². The van der Waals surface area contributed by atoms with E-state index in [1.165, 1.54) is 11.1 Å². The summed E-state index contributed by atoms with van der Waals surface area (Å²) in [4.78, 5) is 61.4. The van der Waals surface area contributed by atoms with Crippen LogP contribution in [0.3, 0.4) is 0 Å². The number of nitrogens with zero attached hydrogens (tertiary/aromatic N) is 3. The third-order valence-electron chi connectivity index (χ3n) is 7.45. The van der Waals surface area contributed by atoms with Crippen LogP contribution in [0.25, 0.3) is 10.9 Å². The molecule has 5 amide bonds. The molecule has 2 aromatic heterocycles. The Bertz CT molecular complexity index is 1660.